The van der Waals surface area contributed by atoms with E-state index in [9.17, 15) is 13.2 Å². The first-order valence-electron chi connectivity index (χ1n) is 3.60. The lowest BCUT2D eigenvalue weighted by atomic mass is 10.2. The van der Waals surface area contributed by atoms with Gasteiger partial charge in [0.2, 0.25) is 0 Å². The number of ether oxygens (including phenoxy) is 1. The van der Waals surface area contributed by atoms with Crippen LogP contribution >= 0.6 is 15.9 Å². The summed E-state index contributed by atoms with van der Waals surface area (Å²) >= 11 is 3.01. The minimum atomic E-state index is -1.87. The maximum atomic E-state index is 13.1. The molecule has 1 nitrogen and oxygen atoms in total. The van der Waals surface area contributed by atoms with Crippen LogP contribution in [0.2, 0.25) is 0 Å². The molecule has 0 spiro atoms. The standard InChI is InChI=1S/C9H6BrF3O/c1-14-9-6(10)2-5(3-7(9)11)4-8(12)13/h2-4H,1H3. The average Bonchev–Trinajstić information content (AvgIpc) is 2.01. The summed E-state index contributed by atoms with van der Waals surface area (Å²) in [6.45, 7) is 0. The van der Waals surface area contributed by atoms with Crippen LogP contribution in [0.3, 0.4) is 0 Å². The molecule has 5 heteroatoms. The monoisotopic (exact) mass is 266 g/mol. The van der Waals surface area contributed by atoms with Crippen LogP contribution in [-0.2, 0) is 0 Å². The van der Waals surface area contributed by atoms with Crippen molar-refractivity contribution in [2.24, 2.45) is 0 Å². The minimum absolute atomic E-state index is 0.00131. The summed E-state index contributed by atoms with van der Waals surface area (Å²) < 4.78 is 41.9. The third-order valence-electron chi connectivity index (χ3n) is 1.50. The van der Waals surface area contributed by atoms with Crippen LogP contribution in [0.5, 0.6) is 5.75 Å². The molecule has 0 fully saturated rings. The van der Waals surface area contributed by atoms with Gasteiger partial charge in [-0.3, -0.25) is 0 Å². The van der Waals surface area contributed by atoms with Crippen molar-refractivity contribution in [3.8, 4) is 5.75 Å². The molecule has 0 amide bonds. The Bertz CT molecular complexity index is 349. The first kappa shape index (κ1) is 11.1. The highest BCUT2D eigenvalue weighted by atomic mass is 79.9. The molecule has 0 saturated carbocycles. The van der Waals surface area contributed by atoms with Crippen molar-refractivity contribution in [3.63, 3.8) is 0 Å². The molecular formula is C9H6BrF3O. The maximum absolute atomic E-state index is 13.1. The van der Waals surface area contributed by atoms with Crippen LogP contribution in [0.1, 0.15) is 5.56 Å². The second-order valence-electron chi connectivity index (χ2n) is 2.45. The van der Waals surface area contributed by atoms with Gasteiger partial charge in [0.05, 0.1) is 11.6 Å². The van der Waals surface area contributed by atoms with E-state index in [2.05, 4.69) is 15.9 Å². The lowest BCUT2D eigenvalue weighted by Gasteiger charge is -2.05. The molecule has 0 atom stereocenters. The second-order valence-corrected chi connectivity index (χ2v) is 3.31. The van der Waals surface area contributed by atoms with Crippen LogP contribution < -0.4 is 4.74 Å². The predicted octanol–water partition coefficient (Wildman–Crippen LogP) is 3.83. The molecule has 0 saturated heterocycles. The molecular weight excluding hydrogens is 261 g/mol. The van der Waals surface area contributed by atoms with E-state index in [-0.39, 0.29) is 11.3 Å². The van der Waals surface area contributed by atoms with Crippen LogP contribution in [0, 0.1) is 5.82 Å². The van der Waals surface area contributed by atoms with Crippen LogP contribution in [0.25, 0.3) is 6.08 Å². The Kier molecular flexibility index (Phi) is 3.57. The third kappa shape index (κ3) is 2.51. The van der Waals surface area contributed by atoms with Gasteiger partial charge in [0.25, 0.3) is 6.08 Å². The molecule has 14 heavy (non-hydrogen) atoms. The number of hydrogen-bond acceptors (Lipinski definition) is 1. The summed E-state index contributed by atoms with van der Waals surface area (Å²) in [5, 5.41) is 0. The average molecular weight is 267 g/mol. The first-order valence-corrected chi connectivity index (χ1v) is 4.39. The summed E-state index contributed by atoms with van der Waals surface area (Å²) in [5.41, 5.74) is 0.0789. The molecule has 0 bridgehead atoms. The Morgan fingerprint density at radius 2 is 2.07 bits per heavy atom. The Morgan fingerprint density at radius 1 is 1.43 bits per heavy atom. The van der Waals surface area contributed by atoms with Gasteiger partial charge in [0, 0.05) is 6.08 Å². The summed E-state index contributed by atoms with van der Waals surface area (Å²) in [6, 6.07) is 2.32. The molecule has 76 valence electrons. The van der Waals surface area contributed by atoms with Crippen molar-refractivity contribution in [1.29, 1.82) is 0 Å². The van der Waals surface area contributed by atoms with Crippen molar-refractivity contribution in [3.05, 3.63) is 34.1 Å². The highest BCUT2D eigenvalue weighted by Crippen LogP contribution is 2.30. The van der Waals surface area contributed by atoms with Crippen molar-refractivity contribution in [2.45, 2.75) is 0 Å². The highest BCUT2D eigenvalue weighted by Gasteiger charge is 2.08. The van der Waals surface area contributed by atoms with E-state index in [0.29, 0.717) is 10.5 Å². The number of hydrogen-bond donors (Lipinski definition) is 0. The largest absolute Gasteiger partial charge is 0.492 e. The molecule has 0 aliphatic heterocycles. The van der Waals surface area contributed by atoms with Crippen LogP contribution in [0.15, 0.2) is 22.7 Å². The molecule has 1 rings (SSSR count). The lowest BCUT2D eigenvalue weighted by molar-refractivity contribution is 0.383. The van der Waals surface area contributed by atoms with Gasteiger partial charge in [0.15, 0.2) is 11.6 Å². The fraction of sp³-hybridized carbons (Fsp3) is 0.111. The van der Waals surface area contributed by atoms with E-state index in [1.54, 1.807) is 0 Å². The fourth-order valence-corrected chi connectivity index (χ4v) is 1.60. The van der Waals surface area contributed by atoms with Gasteiger partial charge in [-0.15, -0.1) is 0 Å². The summed E-state index contributed by atoms with van der Waals surface area (Å²) in [5.74, 6) is -0.684. The number of halogens is 4. The maximum Gasteiger partial charge on any atom is 0.270 e. The fourth-order valence-electron chi connectivity index (χ4n) is 0.984. The van der Waals surface area contributed by atoms with Crippen LogP contribution in [-0.4, -0.2) is 7.11 Å². The molecule has 0 N–H and O–H groups in total. The molecule has 0 aliphatic rings. The molecule has 0 aromatic heterocycles. The molecule has 0 radical (unpaired) electrons. The highest BCUT2D eigenvalue weighted by molar-refractivity contribution is 9.10. The van der Waals surface area contributed by atoms with Gasteiger partial charge in [-0.2, -0.15) is 8.78 Å². The molecule has 1 aromatic carbocycles. The molecule has 0 heterocycles. The van der Waals surface area contributed by atoms with E-state index >= 15 is 0 Å². The zero-order valence-corrected chi connectivity index (χ0v) is 8.74. The van der Waals surface area contributed by atoms with Gasteiger partial charge >= 0.3 is 0 Å². The van der Waals surface area contributed by atoms with Gasteiger partial charge in [-0.25, -0.2) is 4.39 Å². The van der Waals surface area contributed by atoms with Gasteiger partial charge in [-0.05, 0) is 33.6 Å². The van der Waals surface area contributed by atoms with E-state index in [4.69, 9.17) is 4.74 Å². The van der Waals surface area contributed by atoms with E-state index in [0.717, 1.165) is 6.07 Å². The smallest absolute Gasteiger partial charge is 0.270 e. The van der Waals surface area contributed by atoms with Crippen molar-refractivity contribution < 1.29 is 17.9 Å². The summed E-state index contributed by atoms with van der Waals surface area (Å²) in [6.07, 6.45) is -1.30. The Hall–Kier alpha value is -0.970. The predicted molar refractivity (Wildman–Crippen MR) is 50.8 cm³/mol. The van der Waals surface area contributed by atoms with E-state index < -0.39 is 11.9 Å². The zero-order chi connectivity index (χ0) is 10.7. The van der Waals surface area contributed by atoms with E-state index in [1.165, 1.54) is 13.2 Å². The van der Waals surface area contributed by atoms with Crippen molar-refractivity contribution >= 4 is 22.0 Å². The molecule has 0 unspecified atom stereocenters. The second kappa shape index (κ2) is 4.50. The Balaban J connectivity index is 3.21. The van der Waals surface area contributed by atoms with E-state index in [1.807, 2.05) is 0 Å². The van der Waals surface area contributed by atoms with Gasteiger partial charge in [0.1, 0.15) is 0 Å². The zero-order valence-electron chi connectivity index (χ0n) is 7.15. The summed E-state index contributed by atoms with van der Waals surface area (Å²) in [4.78, 5) is 0. The van der Waals surface area contributed by atoms with Crippen LogP contribution in [0.4, 0.5) is 13.2 Å². The first-order chi connectivity index (χ1) is 6.54. The van der Waals surface area contributed by atoms with Crippen molar-refractivity contribution in [1.82, 2.24) is 0 Å². The number of benzene rings is 1. The topological polar surface area (TPSA) is 9.23 Å². The lowest BCUT2D eigenvalue weighted by Crippen LogP contribution is -1.90. The van der Waals surface area contributed by atoms with Gasteiger partial charge < -0.3 is 4.74 Å². The number of methoxy groups -OCH3 is 1. The molecule has 0 aliphatic carbocycles. The number of rotatable bonds is 2. The third-order valence-corrected chi connectivity index (χ3v) is 2.09. The minimum Gasteiger partial charge on any atom is -0.492 e. The normalized spacial score (nSPS) is 9.79. The Morgan fingerprint density at radius 3 is 2.50 bits per heavy atom. The van der Waals surface area contributed by atoms with Gasteiger partial charge in [-0.1, -0.05) is 0 Å². The Labute approximate surface area is 87.3 Å². The quantitative estimate of drug-likeness (QED) is 0.791. The SMILES string of the molecule is COc1c(F)cc(C=C(F)F)cc1Br. The van der Waals surface area contributed by atoms with Crippen molar-refractivity contribution in [2.75, 3.05) is 7.11 Å². The molecule has 1 aromatic rings. The summed E-state index contributed by atoms with van der Waals surface area (Å²) in [7, 11) is 1.30.